The molecule has 0 atom stereocenters. The van der Waals surface area contributed by atoms with Gasteiger partial charge in [0.25, 0.3) is 0 Å². The summed E-state index contributed by atoms with van der Waals surface area (Å²) < 4.78 is 12.9. The highest BCUT2D eigenvalue weighted by Crippen LogP contribution is 2.31. The molecule has 1 aliphatic heterocycles. The van der Waals surface area contributed by atoms with Crippen LogP contribution in [0.1, 0.15) is 28.9 Å². The van der Waals surface area contributed by atoms with E-state index in [0.717, 1.165) is 16.9 Å². The van der Waals surface area contributed by atoms with Crippen LogP contribution in [0.4, 0.5) is 0 Å². The molecule has 0 aliphatic carbocycles. The monoisotopic (exact) mass is 457 g/mol. The first-order valence-electron chi connectivity index (χ1n) is 10.8. The normalized spacial score (nSPS) is 15.4. The predicted molar refractivity (Wildman–Crippen MR) is 124 cm³/mol. The molecule has 0 radical (unpaired) electrons. The molecular weight excluding hydrogens is 430 g/mol. The summed E-state index contributed by atoms with van der Waals surface area (Å²) in [5, 5.41) is 10.4. The number of carbonyl (C=O) groups excluding carboxylic acids is 1. The first-order valence-corrected chi connectivity index (χ1v) is 11.2. The van der Waals surface area contributed by atoms with Gasteiger partial charge in [-0.15, -0.1) is 0 Å². The topological polar surface area (TPSA) is 76.8 Å². The number of ketones is 1. The lowest BCUT2D eigenvalue weighted by Gasteiger charge is -2.28. The van der Waals surface area contributed by atoms with Crippen LogP contribution in [0.15, 0.2) is 36.5 Å². The Balaban J connectivity index is 1.74. The number of Topliss-reactive ketones (excluding diaryl/α,β-unsaturated/α-hetero) is 1. The van der Waals surface area contributed by atoms with E-state index in [1.165, 1.54) is 0 Å². The molecule has 170 valence electrons. The van der Waals surface area contributed by atoms with Crippen molar-refractivity contribution in [1.29, 1.82) is 0 Å². The van der Waals surface area contributed by atoms with E-state index in [1.807, 2.05) is 41.8 Å². The molecule has 2 aromatic heterocycles. The molecule has 7 nitrogen and oxygen atoms in total. The van der Waals surface area contributed by atoms with Gasteiger partial charge >= 0.3 is 0 Å². The Bertz CT molecular complexity index is 1090. The molecule has 1 fully saturated rings. The van der Waals surface area contributed by atoms with E-state index < -0.39 is 0 Å². The summed E-state index contributed by atoms with van der Waals surface area (Å²) in [4.78, 5) is 20.1. The summed E-state index contributed by atoms with van der Waals surface area (Å²) in [6.45, 7) is 4.57. The lowest BCUT2D eigenvalue weighted by Crippen LogP contribution is -2.39. The maximum atomic E-state index is 13.4. The number of ether oxygens (including phenoxy) is 2. The van der Waals surface area contributed by atoms with Gasteiger partial charge in [0.05, 0.1) is 42.0 Å². The van der Waals surface area contributed by atoms with E-state index in [1.54, 1.807) is 13.3 Å². The number of aromatic nitrogens is 2. The number of fused-ring (bicyclic) bond motifs is 1. The number of piperidine rings is 1. The van der Waals surface area contributed by atoms with Crippen LogP contribution in [0, 0.1) is 6.92 Å². The van der Waals surface area contributed by atoms with Crippen molar-refractivity contribution < 1.29 is 19.4 Å². The number of hydrogen-bond donors (Lipinski definition) is 1. The molecule has 0 amide bonds. The molecule has 3 heterocycles. The van der Waals surface area contributed by atoms with Crippen LogP contribution >= 0.6 is 11.6 Å². The molecule has 4 rings (SSSR count). The van der Waals surface area contributed by atoms with Crippen molar-refractivity contribution in [1.82, 2.24) is 14.5 Å². The van der Waals surface area contributed by atoms with Crippen LogP contribution in [0.3, 0.4) is 0 Å². The number of pyridine rings is 1. The summed E-state index contributed by atoms with van der Waals surface area (Å²) in [6.07, 6.45) is 2.77. The zero-order valence-electron chi connectivity index (χ0n) is 18.4. The minimum atomic E-state index is -0.270. The Morgan fingerprint density at radius 2 is 1.94 bits per heavy atom. The van der Waals surface area contributed by atoms with Crippen LogP contribution in [-0.2, 0) is 4.74 Å². The average Bonchev–Trinajstić information content (AvgIpc) is 3.07. The number of carbonyl (C=O) groups is 1. The highest BCUT2D eigenvalue weighted by Gasteiger charge is 2.26. The van der Waals surface area contributed by atoms with E-state index in [4.69, 9.17) is 21.1 Å². The summed E-state index contributed by atoms with van der Waals surface area (Å²) in [5.74, 6) is 0.642. The van der Waals surface area contributed by atoms with Gasteiger partial charge in [-0.2, -0.15) is 0 Å². The Morgan fingerprint density at radius 3 is 2.62 bits per heavy atom. The van der Waals surface area contributed by atoms with Gasteiger partial charge in [-0.25, -0.2) is 4.98 Å². The Morgan fingerprint density at radius 1 is 1.22 bits per heavy atom. The van der Waals surface area contributed by atoms with Gasteiger partial charge in [0.1, 0.15) is 12.4 Å². The van der Waals surface area contributed by atoms with Crippen LogP contribution in [0.5, 0.6) is 5.75 Å². The average molecular weight is 458 g/mol. The van der Waals surface area contributed by atoms with Gasteiger partial charge < -0.3 is 19.1 Å². The van der Waals surface area contributed by atoms with Crippen molar-refractivity contribution in [2.24, 2.45) is 0 Å². The van der Waals surface area contributed by atoms with Crippen molar-refractivity contribution in [2.45, 2.75) is 25.9 Å². The van der Waals surface area contributed by atoms with Crippen LogP contribution in [0.25, 0.3) is 16.7 Å². The Labute approximate surface area is 192 Å². The molecule has 0 saturated carbocycles. The van der Waals surface area contributed by atoms with Gasteiger partial charge in [-0.3, -0.25) is 9.69 Å². The fourth-order valence-electron chi connectivity index (χ4n) is 4.20. The second kappa shape index (κ2) is 10.0. The first-order chi connectivity index (χ1) is 15.5. The zero-order valence-corrected chi connectivity index (χ0v) is 19.1. The van der Waals surface area contributed by atoms with E-state index >= 15 is 0 Å². The summed E-state index contributed by atoms with van der Waals surface area (Å²) >= 11 is 6.10. The number of nitrogens with zero attached hydrogens (tertiary/aromatic N) is 3. The third kappa shape index (κ3) is 4.81. The lowest BCUT2D eigenvalue weighted by atomic mass is 10.1. The fraction of sp³-hybridized carbons (Fsp3) is 0.417. The van der Waals surface area contributed by atoms with E-state index in [-0.39, 0.29) is 11.9 Å². The number of hydrogen-bond acceptors (Lipinski definition) is 6. The number of methoxy groups -OCH3 is 1. The van der Waals surface area contributed by atoms with Crippen molar-refractivity contribution in [3.8, 4) is 11.4 Å². The number of aliphatic hydroxyl groups excluding tert-OH is 1. The smallest absolute Gasteiger partial charge is 0.180 e. The summed E-state index contributed by atoms with van der Waals surface area (Å²) in [5.41, 5.74) is 3.79. The molecule has 1 saturated heterocycles. The molecule has 8 heteroatoms. The highest BCUT2D eigenvalue weighted by molar-refractivity contribution is 6.30. The van der Waals surface area contributed by atoms with Crippen molar-refractivity contribution in [3.63, 3.8) is 0 Å². The molecule has 1 aliphatic rings. The SMILES string of the molecule is COCCOc1cnc2c(C(=O)CN3CCC(O)CC3)c(C)n(-c3ccc(Cl)cc3)c2c1. The third-order valence-corrected chi connectivity index (χ3v) is 6.11. The Hall–Kier alpha value is -2.45. The number of benzene rings is 1. The highest BCUT2D eigenvalue weighted by atomic mass is 35.5. The van der Waals surface area contributed by atoms with Crippen molar-refractivity contribution in [3.05, 3.63) is 52.8 Å². The summed E-state index contributed by atoms with van der Waals surface area (Å²) in [6, 6.07) is 9.42. The third-order valence-electron chi connectivity index (χ3n) is 5.86. The zero-order chi connectivity index (χ0) is 22.7. The standard InChI is InChI=1S/C24H28ClN3O4/c1-16-23(22(30)15-27-9-7-19(29)8-10-27)24-21(13-20(14-26-24)32-12-11-31-2)28(16)18-5-3-17(25)4-6-18/h3-6,13-14,19,29H,7-12,15H2,1-2H3. The van der Waals surface area contributed by atoms with Gasteiger partial charge in [0, 0.05) is 42.7 Å². The predicted octanol–water partition coefficient (Wildman–Crippen LogP) is 3.65. The molecule has 1 aromatic carbocycles. The van der Waals surface area contributed by atoms with E-state index in [0.29, 0.717) is 67.5 Å². The minimum absolute atomic E-state index is 0.0251. The van der Waals surface area contributed by atoms with Crippen molar-refractivity contribution >= 4 is 28.4 Å². The molecular formula is C24H28ClN3O4. The van der Waals surface area contributed by atoms with E-state index in [2.05, 4.69) is 9.88 Å². The maximum absolute atomic E-state index is 13.4. The molecule has 0 unspecified atom stereocenters. The van der Waals surface area contributed by atoms with Gasteiger partial charge in [0.15, 0.2) is 5.78 Å². The number of halogens is 1. The van der Waals surface area contributed by atoms with Crippen LogP contribution in [0.2, 0.25) is 5.02 Å². The number of likely N-dealkylation sites (tertiary alicyclic amines) is 1. The maximum Gasteiger partial charge on any atom is 0.180 e. The Kier molecular flexibility index (Phi) is 7.10. The second-order valence-corrected chi connectivity index (χ2v) is 8.52. The van der Waals surface area contributed by atoms with Crippen molar-refractivity contribution in [2.75, 3.05) is 40.0 Å². The fourth-order valence-corrected chi connectivity index (χ4v) is 4.33. The largest absolute Gasteiger partial charge is 0.489 e. The number of aliphatic hydroxyl groups is 1. The molecule has 3 aromatic rings. The summed E-state index contributed by atoms with van der Waals surface area (Å²) in [7, 11) is 1.63. The first kappa shape index (κ1) is 22.7. The molecule has 0 bridgehead atoms. The van der Waals surface area contributed by atoms with Crippen LogP contribution in [-0.4, -0.2) is 71.4 Å². The van der Waals surface area contributed by atoms with Gasteiger partial charge in [-0.05, 0) is 44.0 Å². The quantitative estimate of drug-likeness (QED) is 0.411. The molecule has 1 N–H and O–H groups in total. The van der Waals surface area contributed by atoms with Crippen LogP contribution < -0.4 is 4.74 Å². The molecule has 32 heavy (non-hydrogen) atoms. The van der Waals surface area contributed by atoms with E-state index in [9.17, 15) is 9.90 Å². The van der Waals surface area contributed by atoms with Gasteiger partial charge in [-0.1, -0.05) is 11.6 Å². The van der Waals surface area contributed by atoms with Gasteiger partial charge in [0.2, 0.25) is 0 Å². The minimum Gasteiger partial charge on any atom is -0.489 e. The lowest BCUT2D eigenvalue weighted by molar-refractivity contribution is 0.0711. The molecule has 0 spiro atoms. The second-order valence-electron chi connectivity index (χ2n) is 8.08. The number of rotatable bonds is 8.